The zero-order valence-electron chi connectivity index (χ0n) is 22.6. The number of nitrogens with one attached hydrogen (secondary N) is 2. The van der Waals surface area contributed by atoms with Gasteiger partial charge in [-0.1, -0.05) is 25.0 Å². The van der Waals surface area contributed by atoms with E-state index in [-0.39, 0.29) is 18.6 Å². The Kier molecular flexibility index (Phi) is 7.85. The van der Waals surface area contributed by atoms with Crippen molar-refractivity contribution in [3.05, 3.63) is 53.9 Å². The molecule has 0 radical (unpaired) electrons. The van der Waals surface area contributed by atoms with E-state index in [9.17, 15) is 9.90 Å². The Hall–Kier alpha value is -3.67. The van der Waals surface area contributed by atoms with E-state index in [1.165, 1.54) is 12.8 Å². The lowest BCUT2D eigenvalue weighted by molar-refractivity contribution is 0.0938. The fourth-order valence-electron chi connectivity index (χ4n) is 5.36. The van der Waals surface area contributed by atoms with Crippen LogP contribution in [0.5, 0.6) is 0 Å². The van der Waals surface area contributed by atoms with Crippen molar-refractivity contribution >= 4 is 45.0 Å². The molecule has 3 aromatic heterocycles. The van der Waals surface area contributed by atoms with Crippen LogP contribution in [0.4, 0.5) is 17.6 Å². The number of aryl methyl sites for hydroxylation is 1. The number of aliphatic hydroxyl groups excluding tert-OH is 1. The Balaban J connectivity index is 1.17. The highest BCUT2D eigenvalue weighted by Crippen LogP contribution is 2.32. The maximum absolute atomic E-state index is 12.8. The molecular formula is C29H34N8O2S. The van der Waals surface area contributed by atoms with Crippen LogP contribution in [0, 0.1) is 6.92 Å². The third-order valence-electron chi connectivity index (χ3n) is 7.51. The van der Waals surface area contributed by atoms with E-state index >= 15 is 0 Å². The summed E-state index contributed by atoms with van der Waals surface area (Å²) in [6.45, 7) is 6.22. The number of rotatable bonds is 8. The Morgan fingerprint density at radius 2 is 1.88 bits per heavy atom. The van der Waals surface area contributed by atoms with Crippen LogP contribution in [0.2, 0.25) is 0 Å². The van der Waals surface area contributed by atoms with Crippen molar-refractivity contribution in [3.8, 4) is 10.6 Å². The number of nitrogens with zero attached hydrogens (tertiary/aromatic N) is 6. The van der Waals surface area contributed by atoms with Crippen LogP contribution in [0.15, 0.2) is 42.6 Å². The van der Waals surface area contributed by atoms with Gasteiger partial charge in [-0.25, -0.2) is 15.0 Å². The minimum atomic E-state index is -0.0189. The van der Waals surface area contributed by atoms with Crippen LogP contribution in [0.3, 0.4) is 0 Å². The molecule has 3 N–H and O–H groups in total. The van der Waals surface area contributed by atoms with Gasteiger partial charge in [0.1, 0.15) is 16.6 Å². The Morgan fingerprint density at radius 1 is 1.05 bits per heavy atom. The fraction of sp³-hybridized carbons (Fsp3) is 0.414. The molecule has 1 aromatic carbocycles. The third kappa shape index (κ3) is 6.06. The second kappa shape index (κ2) is 11.8. The first kappa shape index (κ1) is 26.5. The zero-order valence-corrected chi connectivity index (χ0v) is 23.5. The second-order valence-corrected chi connectivity index (χ2v) is 11.5. The first-order valence-corrected chi connectivity index (χ1v) is 14.7. The molecule has 208 valence electrons. The standard InChI is InChI=1S/C29H34N8O2S/c1-19-15-26(35-29(31-19)37-11-9-36(10-12-37)13-14-38)34-25-17-23-24(18-30-25)40-28(33-23)21-6-4-5-20(16-21)27(39)32-22-7-2-3-8-22/h4-6,15-18,22,38H,2-3,7-14H2,1H3,(H,32,39)(H,30,31,34,35). The van der Waals surface area contributed by atoms with E-state index in [1.807, 2.05) is 49.5 Å². The number of piperazine rings is 1. The smallest absolute Gasteiger partial charge is 0.251 e. The minimum Gasteiger partial charge on any atom is -0.395 e. The van der Waals surface area contributed by atoms with Crippen molar-refractivity contribution < 1.29 is 9.90 Å². The molecule has 40 heavy (non-hydrogen) atoms. The van der Waals surface area contributed by atoms with Gasteiger partial charge in [-0.2, -0.15) is 4.98 Å². The molecule has 1 aliphatic carbocycles. The lowest BCUT2D eigenvalue weighted by atomic mass is 10.1. The van der Waals surface area contributed by atoms with Gasteiger partial charge in [0.25, 0.3) is 5.91 Å². The van der Waals surface area contributed by atoms with Gasteiger partial charge in [0, 0.05) is 73.9 Å². The number of anilines is 3. The second-order valence-electron chi connectivity index (χ2n) is 10.5. The number of β-amino-alcohol motifs (C(OH)–C–C–N with tert-alkyl or cyclic N) is 1. The Labute approximate surface area is 237 Å². The molecule has 10 nitrogen and oxygen atoms in total. The molecular weight excluding hydrogens is 524 g/mol. The summed E-state index contributed by atoms with van der Waals surface area (Å²) >= 11 is 1.56. The predicted molar refractivity (Wildman–Crippen MR) is 158 cm³/mol. The van der Waals surface area contributed by atoms with Gasteiger partial charge in [0.15, 0.2) is 0 Å². The maximum atomic E-state index is 12.8. The molecule has 4 aromatic rings. The average Bonchev–Trinajstić information content (AvgIpc) is 3.63. The predicted octanol–water partition coefficient (Wildman–Crippen LogP) is 3.99. The van der Waals surface area contributed by atoms with Crippen LogP contribution in [0.25, 0.3) is 20.8 Å². The SMILES string of the molecule is Cc1cc(Nc2cc3nc(-c4cccc(C(=O)NC5CCCC5)c4)sc3cn2)nc(N2CCN(CCO)CC2)n1. The summed E-state index contributed by atoms with van der Waals surface area (Å²) in [4.78, 5) is 36.1. The van der Waals surface area contributed by atoms with Crippen molar-refractivity contribution in [1.29, 1.82) is 0 Å². The summed E-state index contributed by atoms with van der Waals surface area (Å²) in [5.41, 5.74) is 3.29. The van der Waals surface area contributed by atoms with Crippen LogP contribution >= 0.6 is 11.3 Å². The number of benzene rings is 1. The highest BCUT2D eigenvalue weighted by Gasteiger charge is 2.20. The summed E-state index contributed by atoms with van der Waals surface area (Å²) in [5.74, 6) is 2.02. The van der Waals surface area contributed by atoms with Crippen molar-refractivity contribution in [2.24, 2.45) is 0 Å². The maximum Gasteiger partial charge on any atom is 0.251 e. The number of hydrogen-bond donors (Lipinski definition) is 3. The molecule has 0 unspecified atom stereocenters. The molecule has 2 aliphatic rings. The number of hydrogen-bond acceptors (Lipinski definition) is 10. The molecule has 6 rings (SSSR count). The lowest BCUT2D eigenvalue weighted by Crippen LogP contribution is -2.47. The molecule has 0 atom stereocenters. The molecule has 2 fully saturated rings. The number of pyridine rings is 1. The first-order valence-electron chi connectivity index (χ1n) is 13.9. The van der Waals surface area contributed by atoms with Gasteiger partial charge >= 0.3 is 0 Å². The lowest BCUT2D eigenvalue weighted by Gasteiger charge is -2.34. The highest BCUT2D eigenvalue weighted by molar-refractivity contribution is 7.21. The number of aliphatic hydroxyl groups is 1. The fourth-order valence-corrected chi connectivity index (χ4v) is 6.27. The molecule has 11 heteroatoms. The average molecular weight is 559 g/mol. The quantitative estimate of drug-likeness (QED) is 0.295. The van der Waals surface area contributed by atoms with Crippen LogP contribution in [-0.2, 0) is 0 Å². The zero-order chi connectivity index (χ0) is 27.5. The number of carbonyl (C=O) groups excluding carboxylic acids is 1. The van der Waals surface area contributed by atoms with Crippen molar-refractivity contribution in [2.75, 3.05) is 49.5 Å². The van der Waals surface area contributed by atoms with Gasteiger partial charge in [-0.15, -0.1) is 11.3 Å². The van der Waals surface area contributed by atoms with E-state index in [0.29, 0.717) is 29.7 Å². The summed E-state index contributed by atoms with van der Waals surface area (Å²) in [6.07, 6.45) is 6.31. The first-order chi connectivity index (χ1) is 19.5. The van der Waals surface area contributed by atoms with Gasteiger partial charge in [0.05, 0.1) is 16.8 Å². The Bertz CT molecular complexity index is 1490. The summed E-state index contributed by atoms with van der Waals surface area (Å²) in [6, 6.07) is 11.8. The number of thiazole rings is 1. The van der Waals surface area contributed by atoms with Gasteiger partial charge in [-0.05, 0) is 31.9 Å². The number of carbonyl (C=O) groups is 1. The Morgan fingerprint density at radius 3 is 2.67 bits per heavy atom. The van der Waals surface area contributed by atoms with E-state index in [1.54, 1.807) is 11.3 Å². The normalized spacial score (nSPS) is 16.5. The third-order valence-corrected chi connectivity index (χ3v) is 8.56. The van der Waals surface area contributed by atoms with E-state index in [2.05, 4.69) is 30.4 Å². The molecule has 1 saturated heterocycles. The van der Waals surface area contributed by atoms with Crippen LogP contribution in [-0.4, -0.2) is 81.2 Å². The van der Waals surface area contributed by atoms with Crippen LogP contribution in [0.1, 0.15) is 41.7 Å². The van der Waals surface area contributed by atoms with Gasteiger partial charge in [-0.3, -0.25) is 9.69 Å². The molecule has 4 heterocycles. The largest absolute Gasteiger partial charge is 0.395 e. The molecule has 0 spiro atoms. The minimum absolute atomic E-state index is 0.0189. The van der Waals surface area contributed by atoms with Gasteiger partial charge < -0.3 is 20.6 Å². The summed E-state index contributed by atoms with van der Waals surface area (Å²) in [5, 5.41) is 16.6. The van der Waals surface area contributed by atoms with Crippen molar-refractivity contribution in [2.45, 2.75) is 38.6 Å². The topological polar surface area (TPSA) is 119 Å². The highest BCUT2D eigenvalue weighted by atomic mass is 32.1. The van der Waals surface area contributed by atoms with E-state index in [4.69, 9.17) is 9.97 Å². The molecule has 0 bridgehead atoms. The molecule has 1 aliphatic heterocycles. The number of aromatic nitrogens is 4. The van der Waals surface area contributed by atoms with E-state index in [0.717, 1.165) is 65.5 Å². The number of amides is 1. The monoisotopic (exact) mass is 558 g/mol. The number of fused-ring (bicyclic) bond motifs is 1. The molecule has 1 amide bonds. The summed E-state index contributed by atoms with van der Waals surface area (Å²) < 4.78 is 0.974. The summed E-state index contributed by atoms with van der Waals surface area (Å²) in [7, 11) is 0. The van der Waals surface area contributed by atoms with Gasteiger partial charge in [0.2, 0.25) is 5.95 Å². The molecule has 1 saturated carbocycles. The van der Waals surface area contributed by atoms with Crippen molar-refractivity contribution in [1.82, 2.24) is 30.2 Å². The van der Waals surface area contributed by atoms with Crippen molar-refractivity contribution in [3.63, 3.8) is 0 Å². The van der Waals surface area contributed by atoms with E-state index < -0.39 is 0 Å². The van der Waals surface area contributed by atoms with Crippen LogP contribution < -0.4 is 15.5 Å².